The normalized spacial score (nSPS) is 10.2. The lowest BCUT2D eigenvalue weighted by atomic mass is 10.6. The SMILES string of the molecule is CCNCc1nnn(C(=O)N(C)C)n1. The van der Waals surface area contributed by atoms with Crippen LogP contribution >= 0.6 is 0 Å². The zero-order valence-electron chi connectivity index (χ0n) is 8.56. The topological polar surface area (TPSA) is 75.9 Å². The van der Waals surface area contributed by atoms with Gasteiger partial charge in [-0.25, -0.2) is 4.79 Å². The number of rotatable bonds is 3. The van der Waals surface area contributed by atoms with Crippen molar-refractivity contribution in [3.8, 4) is 0 Å². The average molecular weight is 198 g/mol. The molecule has 0 fully saturated rings. The van der Waals surface area contributed by atoms with Crippen LogP contribution in [-0.2, 0) is 6.54 Å². The van der Waals surface area contributed by atoms with Gasteiger partial charge in [-0.2, -0.15) is 0 Å². The Labute approximate surface area is 82.1 Å². The first-order valence-corrected chi connectivity index (χ1v) is 4.36. The van der Waals surface area contributed by atoms with Gasteiger partial charge in [0.05, 0.1) is 6.54 Å². The first-order valence-electron chi connectivity index (χ1n) is 4.36. The number of hydrogen-bond donors (Lipinski definition) is 1. The van der Waals surface area contributed by atoms with Gasteiger partial charge in [0.2, 0.25) is 0 Å². The fourth-order valence-corrected chi connectivity index (χ4v) is 0.811. The molecule has 0 bridgehead atoms. The molecule has 0 spiro atoms. The molecule has 0 atom stereocenters. The molecule has 0 radical (unpaired) electrons. The Morgan fingerprint density at radius 3 is 2.86 bits per heavy atom. The fraction of sp³-hybridized carbons (Fsp3) is 0.714. The third-order valence-corrected chi connectivity index (χ3v) is 1.54. The van der Waals surface area contributed by atoms with Crippen molar-refractivity contribution in [2.24, 2.45) is 0 Å². The van der Waals surface area contributed by atoms with E-state index in [-0.39, 0.29) is 6.03 Å². The zero-order chi connectivity index (χ0) is 10.6. The molecule has 0 aliphatic rings. The van der Waals surface area contributed by atoms with Gasteiger partial charge < -0.3 is 10.2 Å². The Hall–Kier alpha value is -1.50. The number of nitrogens with zero attached hydrogens (tertiary/aromatic N) is 5. The molecule has 78 valence electrons. The van der Waals surface area contributed by atoms with E-state index in [1.165, 1.54) is 4.90 Å². The lowest BCUT2D eigenvalue weighted by molar-refractivity contribution is 0.211. The van der Waals surface area contributed by atoms with Gasteiger partial charge >= 0.3 is 6.03 Å². The summed E-state index contributed by atoms with van der Waals surface area (Å²) < 4.78 is 0. The van der Waals surface area contributed by atoms with Crippen molar-refractivity contribution < 1.29 is 4.79 Å². The van der Waals surface area contributed by atoms with Gasteiger partial charge in [0, 0.05) is 14.1 Å². The highest BCUT2D eigenvalue weighted by Crippen LogP contribution is 1.88. The summed E-state index contributed by atoms with van der Waals surface area (Å²) >= 11 is 0. The van der Waals surface area contributed by atoms with Crippen LogP contribution in [0.3, 0.4) is 0 Å². The maximum absolute atomic E-state index is 11.3. The summed E-state index contributed by atoms with van der Waals surface area (Å²) in [7, 11) is 3.27. The molecule has 7 heteroatoms. The summed E-state index contributed by atoms with van der Waals surface area (Å²) in [5.41, 5.74) is 0. The summed E-state index contributed by atoms with van der Waals surface area (Å²) in [5, 5.41) is 14.3. The number of carbonyl (C=O) groups excluding carboxylic acids is 1. The minimum Gasteiger partial charge on any atom is -0.328 e. The van der Waals surface area contributed by atoms with E-state index in [0.29, 0.717) is 12.4 Å². The van der Waals surface area contributed by atoms with Crippen molar-refractivity contribution >= 4 is 6.03 Å². The van der Waals surface area contributed by atoms with Gasteiger partial charge in [0.25, 0.3) is 0 Å². The third-order valence-electron chi connectivity index (χ3n) is 1.54. The molecular weight excluding hydrogens is 184 g/mol. The molecule has 0 unspecified atom stereocenters. The molecule has 0 saturated heterocycles. The van der Waals surface area contributed by atoms with Crippen LogP contribution in [0.15, 0.2) is 0 Å². The van der Waals surface area contributed by atoms with Gasteiger partial charge in [-0.15, -0.1) is 10.2 Å². The molecule has 7 nitrogen and oxygen atoms in total. The van der Waals surface area contributed by atoms with E-state index in [2.05, 4.69) is 20.7 Å². The lowest BCUT2D eigenvalue weighted by Crippen LogP contribution is -2.29. The highest BCUT2D eigenvalue weighted by molar-refractivity contribution is 5.73. The molecule has 1 rings (SSSR count). The molecule has 0 aromatic carbocycles. The minimum absolute atomic E-state index is 0.305. The van der Waals surface area contributed by atoms with E-state index >= 15 is 0 Å². The van der Waals surface area contributed by atoms with Gasteiger partial charge in [-0.1, -0.05) is 11.7 Å². The van der Waals surface area contributed by atoms with Gasteiger partial charge in [-0.3, -0.25) is 0 Å². The molecule has 1 aromatic rings. The smallest absolute Gasteiger partial charge is 0.328 e. The molecule has 1 N–H and O–H groups in total. The summed E-state index contributed by atoms with van der Waals surface area (Å²) in [6, 6.07) is -0.305. The predicted molar refractivity (Wildman–Crippen MR) is 49.7 cm³/mol. The molecule has 0 aliphatic heterocycles. The standard InChI is InChI=1S/C7H14N6O/c1-4-8-5-6-9-11-13(10-6)7(14)12(2)3/h8H,4-5H2,1-3H3. The maximum atomic E-state index is 11.3. The van der Waals surface area contributed by atoms with E-state index in [9.17, 15) is 4.79 Å². The van der Waals surface area contributed by atoms with Crippen molar-refractivity contribution in [3.05, 3.63) is 5.82 Å². The monoisotopic (exact) mass is 198 g/mol. The number of aromatic nitrogens is 4. The Balaban J connectivity index is 2.63. The Bertz CT molecular complexity index is 307. The summed E-state index contributed by atoms with van der Waals surface area (Å²) in [6.45, 7) is 3.34. The van der Waals surface area contributed by atoms with Crippen LogP contribution in [0.5, 0.6) is 0 Å². The van der Waals surface area contributed by atoms with E-state index in [0.717, 1.165) is 11.3 Å². The Morgan fingerprint density at radius 1 is 1.57 bits per heavy atom. The summed E-state index contributed by atoms with van der Waals surface area (Å²) in [5.74, 6) is 0.516. The second-order valence-electron chi connectivity index (χ2n) is 2.95. The summed E-state index contributed by atoms with van der Waals surface area (Å²) in [4.78, 5) is 13.7. The van der Waals surface area contributed by atoms with Crippen LogP contribution < -0.4 is 5.32 Å². The molecule has 1 heterocycles. The summed E-state index contributed by atoms with van der Waals surface area (Å²) in [6.07, 6.45) is 0. The fourth-order valence-electron chi connectivity index (χ4n) is 0.811. The van der Waals surface area contributed by atoms with Crippen molar-refractivity contribution in [2.45, 2.75) is 13.5 Å². The molecule has 1 aromatic heterocycles. The number of nitrogens with one attached hydrogen (secondary N) is 1. The van der Waals surface area contributed by atoms with Gasteiger partial charge in [0.15, 0.2) is 5.82 Å². The lowest BCUT2D eigenvalue weighted by Gasteiger charge is -2.06. The van der Waals surface area contributed by atoms with E-state index < -0.39 is 0 Å². The van der Waals surface area contributed by atoms with Crippen LogP contribution in [0.1, 0.15) is 12.7 Å². The third kappa shape index (κ3) is 2.49. The first kappa shape index (κ1) is 10.6. The highest BCUT2D eigenvalue weighted by Gasteiger charge is 2.11. The average Bonchev–Trinajstić information content (AvgIpc) is 2.61. The van der Waals surface area contributed by atoms with Crippen LogP contribution in [0, 0.1) is 0 Å². The van der Waals surface area contributed by atoms with Crippen molar-refractivity contribution in [1.82, 2.24) is 30.4 Å². The second kappa shape index (κ2) is 4.66. The van der Waals surface area contributed by atoms with Crippen LogP contribution in [0.25, 0.3) is 0 Å². The number of amides is 1. The van der Waals surface area contributed by atoms with Gasteiger partial charge in [-0.05, 0) is 11.8 Å². The molecule has 14 heavy (non-hydrogen) atoms. The maximum Gasteiger partial charge on any atom is 0.362 e. The van der Waals surface area contributed by atoms with Crippen molar-refractivity contribution in [3.63, 3.8) is 0 Å². The van der Waals surface area contributed by atoms with Crippen LogP contribution in [-0.4, -0.2) is 51.8 Å². The van der Waals surface area contributed by atoms with E-state index in [4.69, 9.17) is 0 Å². The van der Waals surface area contributed by atoms with E-state index in [1.54, 1.807) is 14.1 Å². The predicted octanol–water partition coefficient (Wildman–Crippen LogP) is -0.688. The second-order valence-corrected chi connectivity index (χ2v) is 2.95. The first-order chi connectivity index (χ1) is 6.65. The number of carbonyl (C=O) groups is 1. The zero-order valence-corrected chi connectivity index (χ0v) is 8.56. The number of hydrogen-bond acceptors (Lipinski definition) is 5. The largest absolute Gasteiger partial charge is 0.362 e. The van der Waals surface area contributed by atoms with Crippen LogP contribution in [0.2, 0.25) is 0 Å². The Morgan fingerprint density at radius 2 is 2.29 bits per heavy atom. The molecule has 1 amide bonds. The Kier molecular flexibility index (Phi) is 3.52. The highest BCUT2D eigenvalue weighted by atomic mass is 16.2. The quantitative estimate of drug-likeness (QED) is 0.696. The van der Waals surface area contributed by atoms with Crippen LogP contribution in [0.4, 0.5) is 4.79 Å². The minimum atomic E-state index is -0.305. The molecular formula is C7H14N6O. The molecule has 0 aliphatic carbocycles. The molecule has 0 saturated carbocycles. The van der Waals surface area contributed by atoms with Crippen molar-refractivity contribution in [1.29, 1.82) is 0 Å². The van der Waals surface area contributed by atoms with Crippen molar-refractivity contribution in [2.75, 3.05) is 20.6 Å². The van der Waals surface area contributed by atoms with E-state index in [1.807, 2.05) is 6.92 Å². The number of tetrazole rings is 1. The van der Waals surface area contributed by atoms with Gasteiger partial charge in [0.1, 0.15) is 0 Å².